The van der Waals surface area contributed by atoms with Gasteiger partial charge in [-0.05, 0) is 13.8 Å². The quantitative estimate of drug-likeness (QED) is 0.567. The first-order valence-corrected chi connectivity index (χ1v) is 5.47. The first kappa shape index (κ1) is 9.63. The summed E-state index contributed by atoms with van der Waals surface area (Å²) in [5.74, 6) is -0.659. The van der Waals surface area contributed by atoms with Crippen LogP contribution in [-0.2, 0) is 9.59 Å². The van der Waals surface area contributed by atoms with Gasteiger partial charge in [-0.2, -0.15) is 0 Å². The number of nitrogens with one attached hydrogen (secondary N) is 2. The third-order valence-corrected chi connectivity index (χ3v) is 3.91. The zero-order chi connectivity index (χ0) is 11.6. The van der Waals surface area contributed by atoms with Crippen molar-refractivity contribution in [1.82, 2.24) is 10.6 Å². The largest absolute Gasteiger partial charge is 0.346 e. The lowest BCUT2D eigenvalue weighted by molar-refractivity contribution is -0.136. The number of hydrogen-bond acceptors (Lipinski definition) is 2. The highest BCUT2D eigenvalue weighted by Crippen LogP contribution is 2.38. The summed E-state index contributed by atoms with van der Waals surface area (Å²) < 4.78 is 0. The van der Waals surface area contributed by atoms with Crippen LogP contribution in [0.15, 0.2) is 24.3 Å². The van der Waals surface area contributed by atoms with Gasteiger partial charge in [0.25, 0.3) is 0 Å². The lowest BCUT2D eigenvalue weighted by Gasteiger charge is -2.49. The van der Waals surface area contributed by atoms with Gasteiger partial charge in [0.1, 0.15) is 0 Å². The second-order valence-corrected chi connectivity index (χ2v) is 5.22. The summed E-state index contributed by atoms with van der Waals surface area (Å²) >= 11 is 0. The zero-order valence-electron chi connectivity index (χ0n) is 9.28. The predicted octanol–water partition coefficient (Wildman–Crippen LogP) is 0.122. The van der Waals surface area contributed by atoms with Gasteiger partial charge in [-0.1, -0.05) is 24.3 Å². The van der Waals surface area contributed by atoms with Crippen LogP contribution in [0.3, 0.4) is 0 Å². The van der Waals surface area contributed by atoms with E-state index >= 15 is 0 Å². The highest BCUT2D eigenvalue weighted by Gasteiger charge is 2.52. The van der Waals surface area contributed by atoms with Crippen molar-refractivity contribution in [3.63, 3.8) is 0 Å². The molecule has 6 aliphatic rings. The van der Waals surface area contributed by atoms with Crippen molar-refractivity contribution in [3.05, 3.63) is 24.3 Å². The maximum absolute atomic E-state index is 12.0. The average molecular weight is 218 g/mol. The molecule has 1 fully saturated rings. The van der Waals surface area contributed by atoms with Crippen LogP contribution < -0.4 is 10.6 Å². The molecule has 0 saturated carbocycles. The maximum atomic E-state index is 12.0. The van der Waals surface area contributed by atoms with E-state index in [2.05, 4.69) is 10.6 Å². The fourth-order valence-corrected chi connectivity index (χ4v) is 2.84. The van der Waals surface area contributed by atoms with E-state index in [1.54, 1.807) is 0 Å². The minimum Gasteiger partial charge on any atom is -0.346 e. The molecule has 6 rings (SSSR count). The van der Waals surface area contributed by atoms with E-state index in [1.165, 1.54) is 0 Å². The van der Waals surface area contributed by atoms with Crippen molar-refractivity contribution in [2.45, 2.75) is 24.9 Å². The summed E-state index contributed by atoms with van der Waals surface area (Å²) in [6, 6.07) is 0. The lowest BCUT2D eigenvalue weighted by atomic mass is 9.69. The minimum atomic E-state index is -0.587. The van der Waals surface area contributed by atoms with Gasteiger partial charge >= 0.3 is 0 Å². The van der Waals surface area contributed by atoms with Gasteiger partial charge < -0.3 is 10.6 Å². The zero-order valence-corrected chi connectivity index (χ0v) is 9.28. The molecule has 0 spiro atoms. The Bertz CT molecular complexity index is 412. The Hall–Kier alpha value is -1.58. The van der Waals surface area contributed by atoms with Crippen LogP contribution in [0.1, 0.15) is 13.8 Å². The molecule has 0 aromatic rings. The molecular weight excluding hydrogens is 204 g/mol. The monoisotopic (exact) mass is 218 g/mol. The molecule has 0 aromatic heterocycles. The van der Waals surface area contributed by atoms with E-state index in [9.17, 15) is 9.59 Å². The van der Waals surface area contributed by atoms with Gasteiger partial charge in [-0.25, -0.2) is 0 Å². The van der Waals surface area contributed by atoms with Crippen LogP contribution in [0, 0.1) is 11.8 Å². The summed E-state index contributed by atoms with van der Waals surface area (Å²) in [5, 5.41) is 5.89. The van der Waals surface area contributed by atoms with Crippen LogP contribution in [0.4, 0.5) is 0 Å². The Morgan fingerprint density at radius 2 is 1.31 bits per heavy atom. The normalized spacial score (nSPS) is 48.6. The molecule has 5 aliphatic heterocycles. The number of amides is 2. The highest BCUT2D eigenvalue weighted by molar-refractivity contribution is 5.93. The summed E-state index contributed by atoms with van der Waals surface area (Å²) in [7, 11) is 0. The first-order valence-electron chi connectivity index (χ1n) is 5.47. The number of carbonyl (C=O) groups excluding carboxylic acids is 2. The second-order valence-electron chi connectivity index (χ2n) is 5.22. The summed E-state index contributed by atoms with van der Waals surface area (Å²) in [5.41, 5.74) is -1.17. The Morgan fingerprint density at radius 3 is 1.62 bits per heavy atom. The Morgan fingerprint density at radius 1 is 0.938 bits per heavy atom. The molecular formula is C12H14N2O2. The summed E-state index contributed by atoms with van der Waals surface area (Å²) in [4.78, 5) is 24.0. The van der Waals surface area contributed by atoms with Gasteiger partial charge in [-0.3, -0.25) is 9.59 Å². The van der Waals surface area contributed by atoms with Crippen molar-refractivity contribution in [3.8, 4) is 0 Å². The van der Waals surface area contributed by atoms with Crippen molar-refractivity contribution in [2.24, 2.45) is 11.8 Å². The van der Waals surface area contributed by atoms with Crippen LogP contribution in [0.25, 0.3) is 0 Å². The van der Waals surface area contributed by atoms with Gasteiger partial charge in [0.15, 0.2) is 0 Å². The van der Waals surface area contributed by atoms with E-state index in [4.69, 9.17) is 0 Å². The lowest BCUT2D eigenvalue weighted by Crippen LogP contribution is -2.69. The predicted molar refractivity (Wildman–Crippen MR) is 58.4 cm³/mol. The molecule has 2 N–H and O–H groups in total. The molecule has 4 nitrogen and oxygen atoms in total. The van der Waals surface area contributed by atoms with Crippen LogP contribution >= 0.6 is 0 Å². The molecule has 2 amide bonds. The highest BCUT2D eigenvalue weighted by atomic mass is 16.2. The van der Waals surface area contributed by atoms with Crippen molar-refractivity contribution in [2.75, 3.05) is 0 Å². The third kappa shape index (κ3) is 0.991. The average Bonchev–Trinajstić information content (AvgIpc) is 2.14. The van der Waals surface area contributed by atoms with E-state index < -0.39 is 11.1 Å². The Kier molecular flexibility index (Phi) is 1.54. The van der Waals surface area contributed by atoms with E-state index in [0.29, 0.717) is 0 Å². The maximum Gasteiger partial charge on any atom is 0.230 e. The smallest absolute Gasteiger partial charge is 0.230 e. The van der Waals surface area contributed by atoms with Gasteiger partial charge in [0.2, 0.25) is 11.8 Å². The molecule has 4 bridgehead atoms. The van der Waals surface area contributed by atoms with Crippen LogP contribution in [-0.4, -0.2) is 22.9 Å². The standard InChI is InChI=1S/C12H14N2O2/c1-11-5-3-8(10(16)13-11)12(2)6-4-7(11)9(15)14-12/h3-8H,1-2H3,(H,13,16)(H,14,15)/t7-,8+,11+,12-. The van der Waals surface area contributed by atoms with Crippen molar-refractivity contribution < 1.29 is 9.59 Å². The summed E-state index contributed by atoms with van der Waals surface area (Å²) in [6.07, 6.45) is 7.72. The third-order valence-electron chi connectivity index (χ3n) is 3.91. The van der Waals surface area contributed by atoms with E-state index in [1.807, 2.05) is 38.2 Å². The molecule has 84 valence electrons. The fourth-order valence-electron chi connectivity index (χ4n) is 2.84. The number of carbonyl (C=O) groups is 2. The van der Waals surface area contributed by atoms with Crippen molar-refractivity contribution in [1.29, 1.82) is 0 Å². The van der Waals surface area contributed by atoms with E-state index in [-0.39, 0.29) is 23.7 Å². The molecule has 4 heteroatoms. The number of hydrogen-bond donors (Lipinski definition) is 2. The Labute approximate surface area is 93.8 Å². The molecule has 1 saturated heterocycles. The molecule has 0 radical (unpaired) electrons. The Balaban J connectivity index is 2.24. The molecule has 1 aliphatic carbocycles. The minimum absolute atomic E-state index is 0.0122. The molecule has 0 aromatic carbocycles. The van der Waals surface area contributed by atoms with E-state index in [0.717, 1.165) is 0 Å². The fraction of sp³-hybridized carbons (Fsp3) is 0.500. The van der Waals surface area contributed by atoms with Crippen molar-refractivity contribution >= 4 is 11.8 Å². The topological polar surface area (TPSA) is 58.2 Å². The molecule has 0 unspecified atom stereocenters. The number of rotatable bonds is 0. The molecule has 4 atom stereocenters. The second kappa shape index (κ2) is 2.56. The van der Waals surface area contributed by atoms with Crippen LogP contribution in [0.5, 0.6) is 0 Å². The molecule has 5 heterocycles. The van der Waals surface area contributed by atoms with Gasteiger partial charge in [-0.15, -0.1) is 0 Å². The van der Waals surface area contributed by atoms with Gasteiger partial charge in [0, 0.05) is 0 Å². The molecule has 16 heavy (non-hydrogen) atoms. The van der Waals surface area contributed by atoms with Gasteiger partial charge in [0.05, 0.1) is 22.9 Å². The summed E-state index contributed by atoms with van der Waals surface area (Å²) in [6.45, 7) is 3.75. The first-order chi connectivity index (χ1) is 7.45. The SMILES string of the molecule is C[C@]12C=C[C@H](C(=O)N1)[C@]1(C)C=C[C@H]2C(=O)N1. The van der Waals surface area contributed by atoms with Crippen LogP contribution in [0.2, 0.25) is 0 Å².